The molecule has 1 heteroatoms. The fourth-order valence-electron chi connectivity index (χ4n) is 2.52. The van der Waals surface area contributed by atoms with Gasteiger partial charge in [0.1, 0.15) is 0 Å². The standard InChI is InChI=1S/C16H14.3C2H6.CH4O/c1-11-5-3-7-13-9-10-14-8-4-6-12(2)16(14)15(11)13;4*1-2/h3-10H,1-2H3;3*1-2H3;2H,1H3. The Morgan fingerprint density at radius 3 is 1.08 bits per heavy atom. The number of aliphatic hydroxyl groups is 1. The second-order valence-corrected chi connectivity index (χ2v) is 4.41. The minimum absolute atomic E-state index is 1.00. The Kier molecular flexibility index (Phi) is 15.0. The molecule has 0 aliphatic heterocycles. The molecule has 0 saturated carbocycles. The Balaban J connectivity index is 0. The van der Waals surface area contributed by atoms with E-state index in [4.69, 9.17) is 5.11 Å². The van der Waals surface area contributed by atoms with E-state index in [1.807, 2.05) is 41.5 Å². The van der Waals surface area contributed by atoms with Gasteiger partial charge in [-0.05, 0) is 46.5 Å². The fraction of sp³-hybridized carbons (Fsp3) is 0.391. The number of hydrogen-bond acceptors (Lipinski definition) is 1. The van der Waals surface area contributed by atoms with Crippen LogP contribution in [0.15, 0.2) is 48.5 Å². The van der Waals surface area contributed by atoms with Crippen LogP contribution in [0.5, 0.6) is 0 Å². The van der Waals surface area contributed by atoms with Crippen LogP contribution in [0.3, 0.4) is 0 Å². The molecular weight excluding hydrogens is 292 g/mol. The van der Waals surface area contributed by atoms with E-state index in [1.165, 1.54) is 32.7 Å². The lowest BCUT2D eigenvalue weighted by atomic mass is 9.95. The summed E-state index contributed by atoms with van der Waals surface area (Å²) < 4.78 is 0. The van der Waals surface area contributed by atoms with E-state index in [1.54, 1.807) is 0 Å². The van der Waals surface area contributed by atoms with Gasteiger partial charge in [-0.25, -0.2) is 0 Å². The first-order chi connectivity index (χ1) is 11.8. The first-order valence-corrected chi connectivity index (χ1v) is 9.10. The summed E-state index contributed by atoms with van der Waals surface area (Å²) >= 11 is 0. The Morgan fingerprint density at radius 2 is 0.792 bits per heavy atom. The number of rotatable bonds is 0. The smallest absolute Gasteiger partial charge is 0.0319 e. The molecule has 3 rings (SSSR count). The van der Waals surface area contributed by atoms with Crippen molar-refractivity contribution in [3.63, 3.8) is 0 Å². The Labute approximate surface area is 149 Å². The maximum Gasteiger partial charge on any atom is 0.0319 e. The quantitative estimate of drug-likeness (QED) is 0.429. The molecular formula is C23H36O. The van der Waals surface area contributed by atoms with Gasteiger partial charge < -0.3 is 5.11 Å². The van der Waals surface area contributed by atoms with E-state index in [-0.39, 0.29) is 0 Å². The highest BCUT2D eigenvalue weighted by atomic mass is 16.2. The topological polar surface area (TPSA) is 20.2 Å². The molecule has 134 valence electrons. The van der Waals surface area contributed by atoms with E-state index in [0.717, 1.165) is 7.11 Å². The van der Waals surface area contributed by atoms with Crippen molar-refractivity contribution in [1.82, 2.24) is 0 Å². The third-order valence-electron chi connectivity index (χ3n) is 3.30. The Hall–Kier alpha value is -1.86. The summed E-state index contributed by atoms with van der Waals surface area (Å²) in [6.45, 7) is 16.4. The van der Waals surface area contributed by atoms with Gasteiger partial charge in [0, 0.05) is 7.11 Å². The van der Waals surface area contributed by atoms with E-state index in [0.29, 0.717) is 0 Å². The Bertz CT molecular complexity index is 623. The van der Waals surface area contributed by atoms with Crippen molar-refractivity contribution in [2.45, 2.75) is 55.4 Å². The molecule has 0 unspecified atom stereocenters. The minimum Gasteiger partial charge on any atom is -0.400 e. The minimum atomic E-state index is 1.00. The molecule has 1 N–H and O–H groups in total. The predicted octanol–water partition coefficient (Wildman–Crippen LogP) is 7.30. The van der Waals surface area contributed by atoms with Crippen LogP contribution < -0.4 is 0 Å². The molecule has 0 spiro atoms. The highest BCUT2D eigenvalue weighted by Gasteiger charge is 2.04. The van der Waals surface area contributed by atoms with E-state index >= 15 is 0 Å². The van der Waals surface area contributed by atoms with Crippen LogP contribution in [-0.2, 0) is 0 Å². The monoisotopic (exact) mass is 328 g/mol. The fourth-order valence-corrected chi connectivity index (χ4v) is 2.52. The van der Waals surface area contributed by atoms with E-state index in [9.17, 15) is 0 Å². The summed E-state index contributed by atoms with van der Waals surface area (Å²) in [6, 6.07) is 17.4. The number of hydrogen-bond donors (Lipinski definition) is 1. The normalized spacial score (nSPS) is 8.42. The van der Waals surface area contributed by atoms with Crippen molar-refractivity contribution < 1.29 is 5.11 Å². The summed E-state index contributed by atoms with van der Waals surface area (Å²) in [5.41, 5.74) is 2.72. The first-order valence-electron chi connectivity index (χ1n) is 9.10. The lowest BCUT2D eigenvalue weighted by Gasteiger charge is -2.09. The molecule has 3 aromatic rings. The largest absolute Gasteiger partial charge is 0.400 e. The first kappa shape index (κ1) is 24.4. The highest BCUT2D eigenvalue weighted by Crippen LogP contribution is 2.30. The molecule has 3 aromatic carbocycles. The lowest BCUT2D eigenvalue weighted by molar-refractivity contribution is 0.399. The summed E-state index contributed by atoms with van der Waals surface area (Å²) in [5.74, 6) is 0. The van der Waals surface area contributed by atoms with Crippen LogP contribution in [0.2, 0.25) is 0 Å². The maximum atomic E-state index is 7.00. The number of fused-ring (bicyclic) bond motifs is 3. The van der Waals surface area contributed by atoms with Gasteiger partial charge in [-0.3, -0.25) is 0 Å². The van der Waals surface area contributed by atoms with Crippen LogP contribution in [0, 0.1) is 13.8 Å². The van der Waals surface area contributed by atoms with Crippen molar-refractivity contribution in [3.8, 4) is 0 Å². The number of aryl methyl sites for hydroxylation is 2. The van der Waals surface area contributed by atoms with Gasteiger partial charge in [-0.15, -0.1) is 0 Å². The number of benzene rings is 3. The molecule has 0 aromatic heterocycles. The molecule has 0 fully saturated rings. The molecule has 0 atom stereocenters. The van der Waals surface area contributed by atoms with Crippen molar-refractivity contribution in [2.75, 3.05) is 7.11 Å². The Morgan fingerprint density at radius 1 is 0.500 bits per heavy atom. The van der Waals surface area contributed by atoms with Crippen LogP contribution in [0.1, 0.15) is 52.7 Å². The van der Waals surface area contributed by atoms with Gasteiger partial charge in [0.25, 0.3) is 0 Å². The maximum absolute atomic E-state index is 7.00. The zero-order valence-electron chi connectivity index (χ0n) is 17.1. The second kappa shape index (κ2) is 14.7. The average molecular weight is 329 g/mol. The van der Waals surface area contributed by atoms with Crippen LogP contribution in [0.25, 0.3) is 21.5 Å². The lowest BCUT2D eigenvalue weighted by Crippen LogP contribution is -1.84. The summed E-state index contributed by atoms with van der Waals surface area (Å²) in [4.78, 5) is 0. The SMILES string of the molecule is CC.CC.CC.CO.Cc1cccc2ccc3cccc(C)c3c12. The van der Waals surface area contributed by atoms with Gasteiger partial charge in [-0.2, -0.15) is 0 Å². The van der Waals surface area contributed by atoms with E-state index in [2.05, 4.69) is 62.4 Å². The van der Waals surface area contributed by atoms with Crippen molar-refractivity contribution in [1.29, 1.82) is 0 Å². The van der Waals surface area contributed by atoms with Crippen molar-refractivity contribution in [2.24, 2.45) is 0 Å². The van der Waals surface area contributed by atoms with Gasteiger partial charge in [-0.1, -0.05) is 90.1 Å². The van der Waals surface area contributed by atoms with Crippen LogP contribution in [-0.4, -0.2) is 12.2 Å². The zero-order valence-corrected chi connectivity index (χ0v) is 17.1. The van der Waals surface area contributed by atoms with Gasteiger partial charge in [0.05, 0.1) is 0 Å². The third-order valence-corrected chi connectivity index (χ3v) is 3.30. The second-order valence-electron chi connectivity index (χ2n) is 4.41. The molecule has 0 amide bonds. The highest BCUT2D eigenvalue weighted by molar-refractivity contribution is 6.10. The average Bonchev–Trinajstić information content (AvgIpc) is 2.68. The molecule has 0 bridgehead atoms. The van der Waals surface area contributed by atoms with E-state index < -0.39 is 0 Å². The molecule has 1 nitrogen and oxygen atoms in total. The van der Waals surface area contributed by atoms with Gasteiger partial charge in [0.2, 0.25) is 0 Å². The third kappa shape index (κ3) is 5.98. The molecule has 0 heterocycles. The van der Waals surface area contributed by atoms with Crippen LogP contribution >= 0.6 is 0 Å². The molecule has 0 aliphatic carbocycles. The summed E-state index contributed by atoms with van der Waals surface area (Å²) in [7, 11) is 1.00. The van der Waals surface area contributed by atoms with Gasteiger partial charge in [0.15, 0.2) is 0 Å². The molecule has 0 aliphatic rings. The summed E-state index contributed by atoms with van der Waals surface area (Å²) in [5, 5.41) is 12.5. The predicted molar refractivity (Wildman–Crippen MR) is 113 cm³/mol. The molecule has 24 heavy (non-hydrogen) atoms. The molecule has 0 radical (unpaired) electrons. The number of aliphatic hydroxyl groups excluding tert-OH is 1. The van der Waals surface area contributed by atoms with Crippen molar-refractivity contribution >= 4 is 21.5 Å². The van der Waals surface area contributed by atoms with Crippen LogP contribution in [0.4, 0.5) is 0 Å². The zero-order chi connectivity index (χ0) is 19.1. The van der Waals surface area contributed by atoms with Gasteiger partial charge >= 0.3 is 0 Å². The molecule has 0 saturated heterocycles. The van der Waals surface area contributed by atoms with Crippen molar-refractivity contribution in [3.05, 3.63) is 59.7 Å². The summed E-state index contributed by atoms with van der Waals surface area (Å²) in [6.07, 6.45) is 0.